The number of hydrogen-bond acceptors (Lipinski definition) is 3. The molecule has 0 amide bonds. The summed E-state index contributed by atoms with van der Waals surface area (Å²) in [6.07, 6.45) is 3.55. The molecule has 2 rings (SSSR count). The van der Waals surface area contributed by atoms with E-state index >= 15 is 0 Å². The zero-order valence-electron chi connectivity index (χ0n) is 12.6. The summed E-state index contributed by atoms with van der Waals surface area (Å²) in [5, 5.41) is 0. The maximum absolute atomic E-state index is 12.4. The van der Waals surface area contributed by atoms with Gasteiger partial charge >= 0.3 is 0 Å². The van der Waals surface area contributed by atoms with Crippen LogP contribution >= 0.6 is 0 Å². The molecule has 0 saturated carbocycles. The zero-order chi connectivity index (χ0) is 14.7. The fourth-order valence-corrected chi connectivity index (χ4v) is 2.32. The SMILES string of the molecule is Cc1cc(C(=O)CN(C)Cc2ccncc2)c(C)n1C. The second-order valence-corrected chi connectivity index (χ2v) is 5.29. The summed E-state index contributed by atoms with van der Waals surface area (Å²) < 4.78 is 2.05. The molecule has 0 radical (unpaired) electrons. The molecule has 0 atom stereocenters. The van der Waals surface area contributed by atoms with Gasteiger partial charge in [-0.1, -0.05) is 0 Å². The highest BCUT2D eigenvalue weighted by atomic mass is 16.1. The molecule has 4 nitrogen and oxygen atoms in total. The molecule has 2 heterocycles. The van der Waals surface area contributed by atoms with Gasteiger partial charge in [0.05, 0.1) is 6.54 Å². The number of rotatable bonds is 5. The predicted octanol–water partition coefficient (Wildman–Crippen LogP) is 2.35. The number of nitrogens with zero attached hydrogens (tertiary/aromatic N) is 3. The molecule has 106 valence electrons. The number of carbonyl (C=O) groups is 1. The van der Waals surface area contributed by atoms with Crippen LogP contribution < -0.4 is 0 Å². The van der Waals surface area contributed by atoms with Crippen LogP contribution in [-0.4, -0.2) is 33.8 Å². The van der Waals surface area contributed by atoms with E-state index in [1.54, 1.807) is 12.4 Å². The van der Waals surface area contributed by atoms with Crippen molar-refractivity contribution in [1.82, 2.24) is 14.5 Å². The quantitative estimate of drug-likeness (QED) is 0.784. The van der Waals surface area contributed by atoms with Crippen molar-refractivity contribution in [3.8, 4) is 0 Å². The second-order valence-electron chi connectivity index (χ2n) is 5.29. The first kappa shape index (κ1) is 14.5. The molecule has 0 aliphatic carbocycles. The van der Waals surface area contributed by atoms with Crippen molar-refractivity contribution >= 4 is 5.78 Å². The number of Topliss-reactive ketones (excluding diaryl/α,β-unsaturated/α-hetero) is 1. The van der Waals surface area contributed by atoms with Crippen molar-refractivity contribution in [3.63, 3.8) is 0 Å². The topological polar surface area (TPSA) is 38.1 Å². The Labute approximate surface area is 120 Å². The largest absolute Gasteiger partial charge is 0.351 e. The summed E-state index contributed by atoms with van der Waals surface area (Å²) in [6.45, 7) is 5.18. The van der Waals surface area contributed by atoms with Crippen LogP contribution in [0.15, 0.2) is 30.6 Å². The van der Waals surface area contributed by atoms with Gasteiger partial charge in [0.15, 0.2) is 5.78 Å². The Morgan fingerprint density at radius 2 is 1.95 bits per heavy atom. The van der Waals surface area contributed by atoms with Crippen molar-refractivity contribution in [2.24, 2.45) is 7.05 Å². The van der Waals surface area contributed by atoms with E-state index in [1.165, 1.54) is 0 Å². The van der Waals surface area contributed by atoms with E-state index in [1.807, 2.05) is 51.0 Å². The van der Waals surface area contributed by atoms with Crippen LogP contribution in [0, 0.1) is 13.8 Å². The number of hydrogen-bond donors (Lipinski definition) is 0. The number of aryl methyl sites for hydroxylation is 1. The Kier molecular flexibility index (Phi) is 4.35. The molecular formula is C16H21N3O. The summed E-state index contributed by atoms with van der Waals surface area (Å²) in [6, 6.07) is 5.91. The summed E-state index contributed by atoms with van der Waals surface area (Å²) >= 11 is 0. The van der Waals surface area contributed by atoms with Gasteiger partial charge in [-0.25, -0.2) is 0 Å². The highest BCUT2D eigenvalue weighted by Crippen LogP contribution is 2.14. The van der Waals surface area contributed by atoms with E-state index in [9.17, 15) is 4.79 Å². The number of likely N-dealkylation sites (N-methyl/N-ethyl adjacent to an activating group) is 1. The molecule has 2 aromatic rings. The van der Waals surface area contributed by atoms with Crippen LogP contribution in [0.4, 0.5) is 0 Å². The van der Waals surface area contributed by atoms with Gasteiger partial charge in [0.25, 0.3) is 0 Å². The van der Waals surface area contributed by atoms with E-state index < -0.39 is 0 Å². The average molecular weight is 271 g/mol. The maximum atomic E-state index is 12.4. The number of pyridine rings is 1. The van der Waals surface area contributed by atoms with Crippen molar-refractivity contribution in [1.29, 1.82) is 0 Å². The Hall–Kier alpha value is -1.94. The molecule has 0 aliphatic rings. The third kappa shape index (κ3) is 3.14. The van der Waals surface area contributed by atoms with Gasteiger partial charge in [0.2, 0.25) is 0 Å². The lowest BCUT2D eigenvalue weighted by atomic mass is 10.1. The molecule has 0 spiro atoms. The van der Waals surface area contributed by atoms with Crippen LogP contribution in [0.3, 0.4) is 0 Å². The molecule has 0 aliphatic heterocycles. The first-order valence-corrected chi connectivity index (χ1v) is 6.72. The lowest BCUT2D eigenvalue weighted by molar-refractivity contribution is 0.0942. The minimum absolute atomic E-state index is 0.169. The maximum Gasteiger partial charge on any atom is 0.178 e. The van der Waals surface area contributed by atoms with Gasteiger partial charge in [-0.2, -0.15) is 0 Å². The summed E-state index contributed by atoms with van der Waals surface area (Å²) in [4.78, 5) is 18.4. The summed E-state index contributed by atoms with van der Waals surface area (Å²) in [7, 11) is 3.95. The van der Waals surface area contributed by atoms with Crippen molar-refractivity contribution in [2.45, 2.75) is 20.4 Å². The van der Waals surface area contributed by atoms with Crippen molar-refractivity contribution in [3.05, 3.63) is 53.1 Å². The Morgan fingerprint density at radius 1 is 1.30 bits per heavy atom. The van der Waals surface area contributed by atoms with Crippen molar-refractivity contribution in [2.75, 3.05) is 13.6 Å². The predicted molar refractivity (Wildman–Crippen MR) is 79.8 cm³/mol. The summed E-state index contributed by atoms with van der Waals surface area (Å²) in [5.41, 5.74) is 4.13. The van der Waals surface area contributed by atoms with Crippen LogP contribution in [0.1, 0.15) is 27.3 Å². The van der Waals surface area contributed by atoms with E-state index in [0.717, 1.165) is 29.1 Å². The van der Waals surface area contributed by atoms with Crippen LogP contribution in [-0.2, 0) is 13.6 Å². The molecule has 20 heavy (non-hydrogen) atoms. The molecule has 0 aromatic carbocycles. The first-order valence-electron chi connectivity index (χ1n) is 6.72. The second kappa shape index (κ2) is 6.01. The number of aromatic nitrogens is 2. The van der Waals surface area contributed by atoms with E-state index in [2.05, 4.69) is 9.55 Å². The fraction of sp³-hybridized carbons (Fsp3) is 0.375. The summed E-state index contributed by atoms with van der Waals surface area (Å²) in [5.74, 6) is 0.169. The lowest BCUT2D eigenvalue weighted by Crippen LogP contribution is -2.25. The minimum Gasteiger partial charge on any atom is -0.351 e. The third-order valence-electron chi connectivity index (χ3n) is 3.69. The number of ketones is 1. The minimum atomic E-state index is 0.169. The van der Waals surface area contributed by atoms with Gasteiger partial charge < -0.3 is 4.57 Å². The molecule has 0 unspecified atom stereocenters. The monoisotopic (exact) mass is 271 g/mol. The van der Waals surface area contributed by atoms with Gasteiger partial charge in [0, 0.05) is 42.9 Å². The fourth-order valence-electron chi connectivity index (χ4n) is 2.32. The van der Waals surface area contributed by atoms with Gasteiger partial charge in [-0.15, -0.1) is 0 Å². The standard InChI is InChI=1S/C16H21N3O/c1-12-9-15(13(2)19(12)4)16(20)11-18(3)10-14-5-7-17-8-6-14/h5-9H,10-11H2,1-4H3. The smallest absolute Gasteiger partial charge is 0.178 e. The Bertz CT molecular complexity index is 602. The first-order chi connectivity index (χ1) is 9.49. The van der Waals surface area contributed by atoms with Crippen LogP contribution in [0.5, 0.6) is 0 Å². The van der Waals surface area contributed by atoms with Gasteiger partial charge in [-0.3, -0.25) is 14.7 Å². The van der Waals surface area contributed by atoms with Crippen molar-refractivity contribution < 1.29 is 4.79 Å². The highest BCUT2D eigenvalue weighted by molar-refractivity contribution is 5.99. The normalized spacial score (nSPS) is 11.1. The highest BCUT2D eigenvalue weighted by Gasteiger charge is 2.15. The van der Waals surface area contributed by atoms with Crippen LogP contribution in [0.25, 0.3) is 0 Å². The molecule has 0 N–H and O–H groups in total. The van der Waals surface area contributed by atoms with Gasteiger partial charge in [0.1, 0.15) is 0 Å². The van der Waals surface area contributed by atoms with E-state index in [-0.39, 0.29) is 5.78 Å². The zero-order valence-corrected chi connectivity index (χ0v) is 12.6. The van der Waals surface area contributed by atoms with E-state index in [0.29, 0.717) is 6.54 Å². The molecular weight excluding hydrogens is 250 g/mol. The molecule has 0 bridgehead atoms. The Balaban J connectivity index is 2.02. The molecule has 0 fully saturated rings. The number of carbonyl (C=O) groups excluding carboxylic acids is 1. The Morgan fingerprint density at radius 3 is 2.50 bits per heavy atom. The molecule has 2 aromatic heterocycles. The van der Waals surface area contributed by atoms with Crippen LogP contribution in [0.2, 0.25) is 0 Å². The lowest BCUT2D eigenvalue weighted by Gasteiger charge is -2.15. The van der Waals surface area contributed by atoms with Gasteiger partial charge in [-0.05, 0) is 44.7 Å². The molecule has 4 heteroatoms. The third-order valence-corrected chi connectivity index (χ3v) is 3.69. The average Bonchev–Trinajstić information content (AvgIpc) is 2.67. The molecule has 0 saturated heterocycles. The van der Waals surface area contributed by atoms with E-state index in [4.69, 9.17) is 0 Å².